The first-order valence-corrected chi connectivity index (χ1v) is 10.6. The molecule has 1 saturated heterocycles. The third kappa shape index (κ3) is 4.87. The maximum Gasteiger partial charge on any atom is 0.253 e. The number of nitrogens with one attached hydrogen (secondary N) is 2. The minimum absolute atomic E-state index is 0.0496. The number of hydrogen-bond acceptors (Lipinski definition) is 3. The monoisotopic (exact) mass is 404 g/mol. The van der Waals surface area contributed by atoms with Gasteiger partial charge < -0.3 is 15.2 Å². The van der Waals surface area contributed by atoms with Crippen LogP contribution in [-0.4, -0.2) is 39.8 Å². The van der Waals surface area contributed by atoms with Crippen LogP contribution in [0.15, 0.2) is 48.5 Å². The molecule has 0 aliphatic carbocycles. The highest BCUT2D eigenvalue weighted by molar-refractivity contribution is 5.94. The third-order valence-corrected chi connectivity index (χ3v) is 5.87. The summed E-state index contributed by atoms with van der Waals surface area (Å²) in [5, 5.41) is 2.96. The number of imidazole rings is 1. The number of H-pyrrole nitrogens is 1. The molecule has 4 rings (SSSR count). The van der Waals surface area contributed by atoms with Crippen LogP contribution >= 0.6 is 0 Å². The fraction of sp³-hybridized carbons (Fsp3) is 0.375. The summed E-state index contributed by atoms with van der Waals surface area (Å²) in [7, 11) is 0. The number of likely N-dealkylation sites (tertiary alicyclic amines) is 1. The van der Waals surface area contributed by atoms with E-state index in [9.17, 15) is 9.59 Å². The van der Waals surface area contributed by atoms with Crippen molar-refractivity contribution >= 4 is 22.8 Å². The molecular weight excluding hydrogens is 376 g/mol. The van der Waals surface area contributed by atoms with E-state index in [1.807, 2.05) is 60.4 Å². The van der Waals surface area contributed by atoms with Gasteiger partial charge in [0.15, 0.2) is 0 Å². The molecule has 0 unspecified atom stereocenters. The molecule has 0 bridgehead atoms. The van der Waals surface area contributed by atoms with Crippen molar-refractivity contribution in [2.45, 2.75) is 39.2 Å². The van der Waals surface area contributed by atoms with Crippen LogP contribution in [0.5, 0.6) is 0 Å². The van der Waals surface area contributed by atoms with E-state index in [-0.39, 0.29) is 11.8 Å². The molecule has 0 radical (unpaired) electrons. The third-order valence-electron chi connectivity index (χ3n) is 5.87. The van der Waals surface area contributed by atoms with Gasteiger partial charge in [0.05, 0.1) is 17.6 Å². The summed E-state index contributed by atoms with van der Waals surface area (Å²) in [5.41, 5.74) is 3.80. The smallest absolute Gasteiger partial charge is 0.253 e. The average Bonchev–Trinajstić information content (AvgIpc) is 3.20. The maximum atomic E-state index is 12.6. The second-order valence-corrected chi connectivity index (χ2v) is 8.12. The lowest BCUT2D eigenvalue weighted by Gasteiger charge is -2.32. The number of aromatic nitrogens is 2. The van der Waals surface area contributed by atoms with Gasteiger partial charge in [0.2, 0.25) is 5.91 Å². The Bertz CT molecular complexity index is 984. The quantitative estimate of drug-likeness (QED) is 0.656. The van der Waals surface area contributed by atoms with E-state index >= 15 is 0 Å². The largest absolute Gasteiger partial charge is 0.349 e. The van der Waals surface area contributed by atoms with Crippen LogP contribution in [0.25, 0.3) is 11.0 Å². The Kier molecular flexibility index (Phi) is 6.12. The zero-order valence-corrected chi connectivity index (χ0v) is 17.4. The Morgan fingerprint density at radius 1 is 1.10 bits per heavy atom. The molecule has 3 aromatic rings. The van der Waals surface area contributed by atoms with Crippen LogP contribution in [0, 0.1) is 12.8 Å². The van der Waals surface area contributed by atoms with Crippen molar-refractivity contribution in [1.29, 1.82) is 0 Å². The van der Waals surface area contributed by atoms with Crippen molar-refractivity contribution in [3.63, 3.8) is 0 Å². The molecule has 2 N–H and O–H groups in total. The van der Waals surface area contributed by atoms with Crippen molar-refractivity contribution < 1.29 is 9.59 Å². The highest BCUT2D eigenvalue weighted by Gasteiger charge is 2.24. The Morgan fingerprint density at radius 3 is 2.57 bits per heavy atom. The first kappa shape index (κ1) is 20.1. The number of piperidine rings is 1. The molecule has 0 spiro atoms. The molecule has 1 fully saturated rings. The zero-order valence-electron chi connectivity index (χ0n) is 17.4. The predicted molar refractivity (Wildman–Crippen MR) is 117 cm³/mol. The lowest BCUT2D eigenvalue weighted by Crippen LogP contribution is -2.38. The summed E-state index contributed by atoms with van der Waals surface area (Å²) in [6.45, 7) is 3.96. The second-order valence-electron chi connectivity index (χ2n) is 8.12. The van der Waals surface area contributed by atoms with Gasteiger partial charge in [-0.25, -0.2) is 4.98 Å². The maximum absolute atomic E-state index is 12.6. The molecule has 0 saturated carbocycles. The summed E-state index contributed by atoms with van der Waals surface area (Å²) in [6, 6.07) is 15.6. The molecule has 30 heavy (non-hydrogen) atoms. The van der Waals surface area contributed by atoms with Crippen molar-refractivity contribution in [2.75, 3.05) is 13.1 Å². The minimum Gasteiger partial charge on any atom is -0.349 e. The highest BCUT2D eigenvalue weighted by Crippen LogP contribution is 2.23. The number of nitrogens with zero attached hydrogens (tertiary/aromatic N) is 2. The van der Waals surface area contributed by atoms with E-state index in [0.717, 1.165) is 60.3 Å². The fourth-order valence-corrected chi connectivity index (χ4v) is 4.00. The molecule has 0 atom stereocenters. The molecule has 6 nitrogen and oxygen atoms in total. The van der Waals surface area contributed by atoms with Crippen molar-refractivity contribution in [3.8, 4) is 0 Å². The van der Waals surface area contributed by atoms with Gasteiger partial charge >= 0.3 is 0 Å². The summed E-state index contributed by atoms with van der Waals surface area (Å²) in [6.07, 6.45) is 3.28. The van der Waals surface area contributed by atoms with E-state index < -0.39 is 0 Å². The minimum atomic E-state index is 0.0496. The fourth-order valence-electron chi connectivity index (χ4n) is 4.00. The molecular formula is C24H28N4O2. The van der Waals surface area contributed by atoms with E-state index in [2.05, 4.69) is 15.3 Å². The van der Waals surface area contributed by atoms with Crippen LogP contribution in [0.4, 0.5) is 0 Å². The summed E-state index contributed by atoms with van der Waals surface area (Å²) < 4.78 is 0. The van der Waals surface area contributed by atoms with Gasteiger partial charge in [-0.3, -0.25) is 9.59 Å². The number of para-hydroxylation sites is 2. The first-order valence-electron chi connectivity index (χ1n) is 10.6. The summed E-state index contributed by atoms with van der Waals surface area (Å²) in [4.78, 5) is 34.5. The number of carbonyl (C=O) groups is 2. The zero-order chi connectivity index (χ0) is 20.9. The summed E-state index contributed by atoms with van der Waals surface area (Å²) >= 11 is 0. The number of aryl methyl sites for hydroxylation is 1. The number of rotatable bonds is 6. The number of fused-ring (bicyclic) bond motifs is 1. The Hall–Kier alpha value is -3.15. The number of carbonyl (C=O) groups excluding carboxylic acids is 2. The van der Waals surface area contributed by atoms with Crippen LogP contribution in [0.1, 0.15) is 47.4 Å². The lowest BCUT2D eigenvalue weighted by molar-refractivity contribution is -0.121. The van der Waals surface area contributed by atoms with Crippen LogP contribution in [0.3, 0.4) is 0 Å². The topological polar surface area (TPSA) is 78.1 Å². The number of benzene rings is 2. The molecule has 2 aromatic carbocycles. The van der Waals surface area contributed by atoms with Gasteiger partial charge in [0.1, 0.15) is 5.82 Å². The van der Waals surface area contributed by atoms with Crippen molar-refractivity contribution in [1.82, 2.24) is 20.2 Å². The average molecular weight is 405 g/mol. The van der Waals surface area contributed by atoms with Gasteiger partial charge in [0.25, 0.3) is 5.91 Å². The Morgan fingerprint density at radius 2 is 1.83 bits per heavy atom. The van der Waals surface area contributed by atoms with Crippen LogP contribution in [0.2, 0.25) is 0 Å². The molecule has 2 heterocycles. The highest BCUT2D eigenvalue weighted by atomic mass is 16.2. The number of aromatic amines is 1. The first-order chi connectivity index (χ1) is 14.6. The second kappa shape index (κ2) is 9.11. The van der Waals surface area contributed by atoms with E-state index in [4.69, 9.17) is 0 Å². The van der Waals surface area contributed by atoms with Gasteiger partial charge in [-0.05, 0) is 56.4 Å². The number of amides is 2. The van der Waals surface area contributed by atoms with E-state index in [1.54, 1.807) is 0 Å². The van der Waals surface area contributed by atoms with E-state index in [0.29, 0.717) is 18.9 Å². The molecule has 2 amide bonds. The molecule has 6 heteroatoms. The molecule has 1 aromatic heterocycles. The normalized spacial score (nSPS) is 14.8. The van der Waals surface area contributed by atoms with Crippen molar-refractivity contribution in [2.24, 2.45) is 5.92 Å². The van der Waals surface area contributed by atoms with Gasteiger partial charge in [0, 0.05) is 25.1 Å². The Labute approximate surface area is 176 Å². The number of hydrogen-bond donors (Lipinski definition) is 2. The van der Waals surface area contributed by atoms with Crippen LogP contribution in [-0.2, 0) is 11.3 Å². The SMILES string of the molecule is Cc1ccc(C(=O)N2CCC(CCC(=O)NCc3nc4ccccc4[nH]3)CC2)cc1. The van der Waals surface area contributed by atoms with E-state index in [1.165, 1.54) is 0 Å². The molecule has 1 aliphatic rings. The molecule has 156 valence electrons. The Balaban J connectivity index is 1.18. The predicted octanol–water partition coefficient (Wildman–Crippen LogP) is 3.82. The van der Waals surface area contributed by atoms with Gasteiger partial charge in [-0.15, -0.1) is 0 Å². The lowest BCUT2D eigenvalue weighted by atomic mass is 9.91. The van der Waals surface area contributed by atoms with Gasteiger partial charge in [-0.1, -0.05) is 29.8 Å². The standard InChI is InChI=1S/C24H28N4O2/c1-17-6-9-19(10-7-17)24(30)28-14-12-18(13-15-28)8-11-23(29)25-16-22-26-20-4-2-3-5-21(20)27-22/h2-7,9-10,18H,8,11-16H2,1H3,(H,25,29)(H,26,27). The van der Waals surface area contributed by atoms with Crippen molar-refractivity contribution in [3.05, 3.63) is 65.5 Å². The molecule has 1 aliphatic heterocycles. The van der Waals surface area contributed by atoms with Gasteiger partial charge in [-0.2, -0.15) is 0 Å². The van der Waals surface area contributed by atoms with Crippen LogP contribution < -0.4 is 5.32 Å². The summed E-state index contributed by atoms with van der Waals surface area (Å²) in [5.74, 6) is 1.42.